The van der Waals surface area contributed by atoms with E-state index in [-0.39, 0.29) is 0 Å². The minimum Gasteiger partial charge on any atom is -0.423 e. The summed E-state index contributed by atoms with van der Waals surface area (Å²) in [5.74, 6) is -2.72. The first-order valence-corrected chi connectivity index (χ1v) is 19.4. The number of hydrogen-bond donors (Lipinski definition) is 5. The van der Waals surface area contributed by atoms with Crippen LogP contribution in [0.4, 0.5) is 25.8 Å². The maximum Gasteiger partial charge on any atom is 0.489 e. The molecule has 0 spiro atoms. The highest BCUT2D eigenvalue weighted by atomic mass is 79.9. The number of benzene rings is 4. The summed E-state index contributed by atoms with van der Waals surface area (Å²) in [6.45, 7) is 5.83. The van der Waals surface area contributed by atoms with Gasteiger partial charge in [-0.2, -0.15) is 0 Å². The molecule has 16 heteroatoms. The molecule has 3 aromatic heterocycles. The summed E-state index contributed by atoms with van der Waals surface area (Å²) in [4.78, 5) is 24.4. The van der Waals surface area contributed by atoms with Crippen LogP contribution in [-0.4, -0.2) is 38.0 Å². The van der Waals surface area contributed by atoms with Gasteiger partial charge >= 0.3 is 7.12 Å². The fraction of sp³-hybridized carbons (Fsp3) is 0.0698. The predicted octanol–water partition coefficient (Wildman–Crippen LogP) is 10.3. The van der Waals surface area contributed by atoms with Crippen molar-refractivity contribution in [3.05, 3.63) is 181 Å². The number of nitrogens with zero attached hydrogens (tertiary/aromatic N) is 3. The first kappa shape index (κ1) is 46.3. The van der Waals surface area contributed by atoms with Crippen LogP contribution in [0.3, 0.4) is 0 Å². The first-order chi connectivity index (χ1) is 28.0. The lowest BCUT2D eigenvalue weighted by Gasteiger charge is -2.09. The molecule has 59 heavy (non-hydrogen) atoms. The lowest BCUT2D eigenvalue weighted by Crippen LogP contribution is -2.30. The molecule has 0 fully saturated rings. The molecule has 7 rings (SSSR count). The molecule has 0 aliphatic carbocycles. The zero-order valence-corrected chi connectivity index (χ0v) is 35.6. The summed E-state index contributed by atoms with van der Waals surface area (Å²) in [5, 5.41) is 21.7. The lowest BCUT2D eigenvalue weighted by atomic mass is 9.79. The van der Waals surface area contributed by atoms with Gasteiger partial charge in [0.2, 0.25) is 0 Å². The Morgan fingerprint density at radius 2 is 1.12 bits per heavy atom. The summed E-state index contributed by atoms with van der Waals surface area (Å²) >= 11 is 21.1. The Balaban J connectivity index is 0.000000191. The Hall–Kier alpha value is -5.41. The molecule has 7 N–H and O–H groups in total. The van der Waals surface area contributed by atoms with Gasteiger partial charge in [0.15, 0.2) is 0 Å². The van der Waals surface area contributed by atoms with Gasteiger partial charge in [-0.15, -0.1) is 0 Å². The fourth-order valence-corrected chi connectivity index (χ4v) is 5.90. The van der Waals surface area contributed by atoms with Gasteiger partial charge in [0.25, 0.3) is 5.91 Å². The van der Waals surface area contributed by atoms with Gasteiger partial charge < -0.3 is 26.8 Å². The largest absolute Gasteiger partial charge is 0.489 e. The third kappa shape index (κ3) is 14.1. The number of carbonyl (C=O) groups is 1. The van der Waals surface area contributed by atoms with Crippen molar-refractivity contribution in [1.29, 1.82) is 0 Å². The Morgan fingerprint density at radius 1 is 0.644 bits per heavy atom. The van der Waals surface area contributed by atoms with Crippen LogP contribution in [0, 0.1) is 32.4 Å². The predicted molar refractivity (Wildman–Crippen MR) is 240 cm³/mol. The standard InChI is InChI=1S/C19H13ClF2N2O.C12H11ClN2.C7H8BClO2.C5H5BrN2/c1-11-5-7-14(20)13(9-11)17-8-6-12(10-23-17)24-19(25)18-15(21)3-2-4-16(18)22;1-8-2-4-11(13)10(6-8)12-5-3-9(14)7-15-12;1-5-2-3-7(9)6(4-5)8(10)11;6-5-2-1-4(7)3-8-5/h2-10H,1H3,(H,24,25);2-7H,14H2,1H3;2-4,10-11H,1H3;1-3H,7H2. The third-order valence-electron chi connectivity index (χ3n) is 7.97. The molecule has 0 aliphatic heterocycles. The highest BCUT2D eigenvalue weighted by Gasteiger charge is 2.18. The minimum atomic E-state index is -1.48. The number of nitrogen functional groups attached to an aromatic ring is 2. The van der Waals surface area contributed by atoms with E-state index in [0.717, 1.165) is 50.2 Å². The van der Waals surface area contributed by atoms with Crippen molar-refractivity contribution in [2.45, 2.75) is 20.8 Å². The first-order valence-electron chi connectivity index (χ1n) is 17.5. The molecular weight excluding hydrogens is 884 g/mol. The van der Waals surface area contributed by atoms with Crippen molar-refractivity contribution in [2.24, 2.45) is 0 Å². The molecule has 0 aliphatic rings. The van der Waals surface area contributed by atoms with Crippen molar-refractivity contribution in [3.8, 4) is 22.5 Å². The van der Waals surface area contributed by atoms with Crippen LogP contribution in [0.25, 0.3) is 22.5 Å². The van der Waals surface area contributed by atoms with Crippen molar-refractivity contribution >= 4 is 86.3 Å². The van der Waals surface area contributed by atoms with E-state index in [4.69, 9.17) is 56.3 Å². The Bertz CT molecular complexity index is 2460. The summed E-state index contributed by atoms with van der Waals surface area (Å²) in [7, 11) is -1.48. The summed E-state index contributed by atoms with van der Waals surface area (Å²) in [5.41, 5.74) is 18.6. The quantitative estimate of drug-likeness (QED) is 0.0843. The topological polar surface area (TPSA) is 160 Å². The zero-order chi connectivity index (χ0) is 43.2. The second-order valence-electron chi connectivity index (χ2n) is 12.7. The van der Waals surface area contributed by atoms with Crippen molar-refractivity contribution in [1.82, 2.24) is 15.0 Å². The van der Waals surface area contributed by atoms with Crippen LogP contribution in [0.15, 0.2) is 132 Å². The second-order valence-corrected chi connectivity index (χ2v) is 14.8. The average Bonchev–Trinajstić information content (AvgIpc) is 3.20. The van der Waals surface area contributed by atoms with Crippen LogP contribution in [0.5, 0.6) is 0 Å². The van der Waals surface area contributed by atoms with Gasteiger partial charge in [0.1, 0.15) is 21.8 Å². The number of halogens is 6. The van der Waals surface area contributed by atoms with Gasteiger partial charge in [-0.3, -0.25) is 14.8 Å². The maximum absolute atomic E-state index is 13.6. The molecule has 0 bridgehead atoms. The number of amides is 1. The molecule has 4 aromatic carbocycles. The van der Waals surface area contributed by atoms with Gasteiger partial charge in [-0.1, -0.05) is 81.8 Å². The maximum atomic E-state index is 13.6. The molecule has 302 valence electrons. The van der Waals surface area contributed by atoms with E-state index in [1.807, 2.05) is 69.3 Å². The number of pyridine rings is 3. The molecule has 1 amide bonds. The van der Waals surface area contributed by atoms with Crippen molar-refractivity contribution < 1.29 is 23.6 Å². The van der Waals surface area contributed by atoms with Crippen LogP contribution >= 0.6 is 50.7 Å². The summed E-state index contributed by atoms with van der Waals surface area (Å²) < 4.78 is 28.1. The number of aromatic nitrogens is 3. The van der Waals surface area contributed by atoms with Crippen LogP contribution in [-0.2, 0) is 0 Å². The summed E-state index contributed by atoms with van der Waals surface area (Å²) in [6.07, 6.45) is 4.64. The molecule has 0 atom stereocenters. The van der Waals surface area contributed by atoms with Gasteiger partial charge in [0, 0.05) is 31.7 Å². The molecule has 3 heterocycles. The monoisotopic (exact) mass is 918 g/mol. The molecule has 0 saturated heterocycles. The van der Waals surface area contributed by atoms with E-state index < -0.39 is 30.2 Å². The number of aryl methyl sites for hydroxylation is 3. The number of anilines is 3. The SMILES string of the molecule is Cc1ccc(Cl)c(-c2ccc(N)cn2)c1.Cc1ccc(Cl)c(-c2ccc(NC(=O)c3c(F)cccc3F)cn2)c1.Cc1ccc(Cl)c(B(O)O)c1.Nc1ccc(Br)nc1. The number of nitrogens with two attached hydrogens (primary N) is 2. The molecule has 0 saturated carbocycles. The number of rotatable bonds is 5. The van der Waals surface area contributed by atoms with E-state index in [1.165, 1.54) is 12.3 Å². The van der Waals surface area contributed by atoms with Gasteiger partial charge in [-0.05, 0) is 116 Å². The Labute approximate surface area is 364 Å². The van der Waals surface area contributed by atoms with Crippen molar-refractivity contribution in [3.63, 3.8) is 0 Å². The molecule has 9 nitrogen and oxygen atoms in total. The third-order valence-corrected chi connectivity index (χ3v) is 9.45. The van der Waals surface area contributed by atoms with E-state index >= 15 is 0 Å². The second kappa shape index (κ2) is 22.1. The highest BCUT2D eigenvalue weighted by molar-refractivity contribution is 9.10. The smallest absolute Gasteiger partial charge is 0.423 e. The Kier molecular flexibility index (Phi) is 17.3. The normalized spacial score (nSPS) is 10.2. The lowest BCUT2D eigenvalue weighted by molar-refractivity contribution is 0.101. The van der Waals surface area contributed by atoms with E-state index in [2.05, 4.69) is 36.2 Å². The van der Waals surface area contributed by atoms with Crippen LogP contribution in [0.1, 0.15) is 27.0 Å². The molecular formula is C43H37BBrCl3F2N6O3. The Morgan fingerprint density at radius 3 is 1.54 bits per heavy atom. The average molecular weight is 921 g/mol. The molecule has 0 radical (unpaired) electrons. The molecule has 7 aromatic rings. The fourth-order valence-electron chi connectivity index (χ4n) is 5.02. The molecule has 0 unspecified atom stereocenters. The minimum absolute atomic E-state index is 0.320. The van der Waals surface area contributed by atoms with Crippen LogP contribution < -0.4 is 22.2 Å². The van der Waals surface area contributed by atoms with Crippen molar-refractivity contribution in [2.75, 3.05) is 16.8 Å². The number of hydrogen-bond acceptors (Lipinski definition) is 8. The van der Waals surface area contributed by atoms with E-state index in [1.54, 1.807) is 54.9 Å². The number of carbonyl (C=O) groups excluding carboxylic acids is 1. The van der Waals surface area contributed by atoms with Crippen LogP contribution in [0.2, 0.25) is 15.1 Å². The highest BCUT2D eigenvalue weighted by Crippen LogP contribution is 2.29. The van der Waals surface area contributed by atoms with E-state index in [0.29, 0.717) is 43.3 Å². The summed E-state index contributed by atoms with van der Waals surface area (Å²) in [6, 6.07) is 30.4. The van der Waals surface area contributed by atoms with E-state index in [9.17, 15) is 13.6 Å². The number of nitrogens with one attached hydrogen (secondary N) is 1. The zero-order valence-electron chi connectivity index (χ0n) is 31.8. The van der Waals surface area contributed by atoms with Gasteiger partial charge in [0.05, 0.1) is 47.0 Å². The van der Waals surface area contributed by atoms with Gasteiger partial charge in [-0.25, -0.2) is 13.8 Å².